The number of carbonyl (C=O) groups is 1. The van der Waals surface area contributed by atoms with Gasteiger partial charge in [-0.15, -0.1) is 0 Å². The summed E-state index contributed by atoms with van der Waals surface area (Å²) in [5, 5.41) is 3.92. The number of aryl methyl sites for hydroxylation is 2. The molecule has 0 unspecified atom stereocenters. The average molecular weight is 448 g/mol. The number of piperazine rings is 1. The number of benzene rings is 2. The molecule has 0 aliphatic carbocycles. The third-order valence-corrected chi connectivity index (χ3v) is 5.72. The Morgan fingerprint density at radius 1 is 1.00 bits per heavy atom. The summed E-state index contributed by atoms with van der Waals surface area (Å²) in [6, 6.07) is 17.6. The normalized spacial score (nSPS) is 14.1. The van der Waals surface area contributed by atoms with Gasteiger partial charge in [-0.3, -0.25) is 4.79 Å². The molecule has 7 heteroatoms. The minimum Gasteiger partial charge on any atom is -0.353 e. The highest BCUT2D eigenvalue weighted by atomic mass is 35.5. The molecule has 1 aliphatic rings. The fourth-order valence-corrected chi connectivity index (χ4v) is 3.77. The lowest BCUT2D eigenvalue weighted by molar-refractivity contribution is -0.126. The van der Waals surface area contributed by atoms with E-state index in [0.717, 1.165) is 22.8 Å². The van der Waals surface area contributed by atoms with Crippen molar-refractivity contribution in [3.63, 3.8) is 0 Å². The van der Waals surface area contributed by atoms with Crippen LogP contribution in [0.1, 0.15) is 16.8 Å². The first kappa shape index (κ1) is 21.8. The SMILES string of the molecule is Cc1ccc(Nc2nc(C)cc(N3CCN(C(=O)/C=C/c4ccccc4Cl)CC3)n2)cc1. The molecule has 3 aromatic rings. The second kappa shape index (κ2) is 9.83. The molecular weight excluding hydrogens is 422 g/mol. The van der Waals surface area contributed by atoms with Gasteiger partial charge in [-0.1, -0.05) is 47.5 Å². The third kappa shape index (κ3) is 5.45. The van der Waals surface area contributed by atoms with Gasteiger partial charge in [-0.05, 0) is 43.7 Å². The first-order valence-corrected chi connectivity index (χ1v) is 11.0. The average Bonchev–Trinajstić information content (AvgIpc) is 2.79. The summed E-state index contributed by atoms with van der Waals surface area (Å²) in [5.74, 6) is 1.43. The van der Waals surface area contributed by atoms with E-state index in [0.29, 0.717) is 37.1 Å². The Balaban J connectivity index is 1.38. The smallest absolute Gasteiger partial charge is 0.246 e. The maximum Gasteiger partial charge on any atom is 0.246 e. The Labute approximate surface area is 193 Å². The van der Waals surface area contributed by atoms with Crippen molar-refractivity contribution < 1.29 is 4.79 Å². The number of amides is 1. The van der Waals surface area contributed by atoms with Crippen LogP contribution in [0.4, 0.5) is 17.5 Å². The molecule has 4 rings (SSSR count). The monoisotopic (exact) mass is 447 g/mol. The predicted molar refractivity (Wildman–Crippen MR) is 131 cm³/mol. The van der Waals surface area contributed by atoms with Gasteiger partial charge in [0.2, 0.25) is 11.9 Å². The van der Waals surface area contributed by atoms with Crippen LogP contribution in [0.5, 0.6) is 0 Å². The lowest BCUT2D eigenvalue weighted by atomic mass is 10.2. The van der Waals surface area contributed by atoms with E-state index >= 15 is 0 Å². The van der Waals surface area contributed by atoms with Gasteiger partial charge in [-0.2, -0.15) is 4.98 Å². The van der Waals surface area contributed by atoms with Crippen molar-refractivity contribution in [2.24, 2.45) is 0 Å². The lowest BCUT2D eigenvalue weighted by Gasteiger charge is -2.35. The van der Waals surface area contributed by atoms with E-state index < -0.39 is 0 Å². The van der Waals surface area contributed by atoms with Crippen LogP contribution < -0.4 is 10.2 Å². The van der Waals surface area contributed by atoms with Crippen LogP contribution in [0.3, 0.4) is 0 Å². The van der Waals surface area contributed by atoms with Gasteiger partial charge in [0.1, 0.15) is 5.82 Å². The number of rotatable bonds is 5. The van der Waals surface area contributed by atoms with Gasteiger partial charge in [0.15, 0.2) is 0 Å². The molecule has 0 saturated carbocycles. The fourth-order valence-electron chi connectivity index (χ4n) is 3.57. The van der Waals surface area contributed by atoms with Crippen LogP contribution in [0.25, 0.3) is 6.08 Å². The highest BCUT2D eigenvalue weighted by molar-refractivity contribution is 6.32. The van der Waals surface area contributed by atoms with Crippen molar-refractivity contribution >= 4 is 41.0 Å². The molecule has 1 amide bonds. The number of hydrogen-bond acceptors (Lipinski definition) is 5. The molecule has 1 aliphatic heterocycles. The topological polar surface area (TPSA) is 61.4 Å². The number of aromatic nitrogens is 2. The number of nitrogens with one attached hydrogen (secondary N) is 1. The molecule has 164 valence electrons. The predicted octanol–water partition coefficient (Wildman–Crippen LogP) is 4.85. The molecule has 0 atom stereocenters. The molecule has 1 N–H and O–H groups in total. The molecule has 0 spiro atoms. The van der Waals surface area contributed by atoms with Crippen LogP contribution in [0, 0.1) is 13.8 Å². The van der Waals surface area contributed by atoms with Crippen LogP contribution in [0.15, 0.2) is 60.7 Å². The highest BCUT2D eigenvalue weighted by Crippen LogP contribution is 2.21. The molecule has 2 heterocycles. The summed E-state index contributed by atoms with van der Waals surface area (Å²) >= 11 is 6.16. The van der Waals surface area contributed by atoms with E-state index in [-0.39, 0.29) is 5.91 Å². The van der Waals surface area contributed by atoms with Gasteiger partial charge >= 0.3 is 0 Å². The maximum atomic E-state index is 12.6. The number of hydrogen-bond donors (Lipinski definition) is 1. The number of nitrogens with zero attached hydrogens (tertiary/aromatic N) is 4. The van der Waals surface area contributed by atoms with Crippen molar-refractivity contribution in [2.45, 2.75) is 13.8 Å². The van der Waals surface area contributed by atoms with E-state index in [1.807, 2.05) is 54.3 Å². The zero-order chi connectivity index (χ0) is 22.5. The minimum atomic E-state index is -0.00911. The number of halogens is 1. The van der Waals surface area contributed by atoms with Gasteiger partial charge < -0.3 is 15.1 Å². The van der Waals surface area contributed by atoms with Crippen LogP contribution in [-0.2, 0) is 4.79 Å². The summed E-state index contributed by atoms with van der Waals surface area (Å²) in [4.78, 5) is 25.9. The zero-order valence-electron chi connectivity index (χ0n) is 18.3. The van der Waals surface area contributed by atoms with Crippen molar-refractivity contribution in [3.8, 4) is 0 Å². The molecule has 0 radical (unpaired) electrons. The zero-order valence-corrected chi connectivity index (χ0v) is 19.0. The van der Waals surface area contributed by atoms with Gasteiger partial charge in [-0.25, -0.2) is 4.98 Å². The first-order chi connectivity index (χ1) is 15.5. The van der Waals surface area contributed by atoms with Crippen molar-refractivity contribution in [2.75, 3.05) is 36.4 Å². The molecule has 32 heavy (non-hydrogen) atoms. The molecule has 1 saturated heterocycles. The van der Waals surface area contributed by atoms with Crippen molar-refractivity contribution in [1.29, 1.82) is 0 Å². The van der Waals surface area contributed by atoms with Crippen LogP contribution >= 0.6 is 11.6 Å². The molecule has 6 nitrogen and oxygen atoms in total. The van der Waals surface area contributed by atoms with E-state index in [1.165, 1.54) is 5.56 Å². The Kier molecular flexibility index (Phi) is 6.71. The molecule has 1 fully saturated rings. The van der Waals surface area contributed by atoms with Crippen LogP contribution in [0.2, 0.25) is 5.02 Å². The quantitative estimate of drug-likeness (QED) is 0.566. The highest BCUT2D eigenvalue weighted by Gasteiger charge is 2.21. The Morgan fingerprint density at radius 3 is 2.44 bits per heavy atom. The van der Waals surface area contributed by atoms with E-state index in [9.17, 15) is 4.79 Å². The molecular formula is C25H26ClN5O. The van der Waals surface area contributed by atoms with Gasteiger partial charge in [0, 0.05) is 54.7 Å². The van der Waals surface area contributed by atoms with Crippen molar-refractivity contribution in [1.82, 2.24) is 14.9 Å². The summed E-state index contributed by atoms with van der Waals surface area (Å²) in [6.07, 6.45) is 3.36. The number of carbonyl (C=O) groups excluding carboxylic acids is 1. The molecule has 0 bridgehead atoms. The summed E-state index contributed by atoms with van der Waals surface area (Å²) in [7, 11) is 0. The first-order valence-electron chi connectivity index (χ1n) is 10.6. The second-order valence-electron chi connectivity index (χ2n) is 7.85. The second-order valence-corrected chi connectivity index (χ2v) is 8.26. The largest absolute Gasteiger partial charge is 0.353 e. The van der Waals surface area contributed by atoms with E-state index in [1.54, 1.807) is 12.2 Å². The minimum absolute atomic E-state index is 0.00911. The standard InChI is InChI=1S/C25H26ClN5O/c1-18-7-10-21(11-8-18)28-25-27-19(2)17-23(29-25)30-13-15-31(16-14-30)24(32)12-9-20-5-3-4-6-22(20)26/h3-12,17H,13-16H2,1-2H3,(H,27,28,29)/b12-9+. The summed E-state index contributed by atoms with van der Waals surface area (Å²) in [6.45, 7) is 6.72. The van der Waals surface area contributed by atoms with Gasteiger partial charge in [0.05, 0.1) is 0 Å². The number of anilines is 3. The molecule has 1 aromatic heterocycles. The van der Waals surface area contributed by atoms with Crippen molar-refractivity contribution in [3.05, 3.63) is 82.5 Å². The van der Waals surface area contributed by atoms with E-state index in [2.05, 4.69) is 34.3 Å². The third-order valence-electron chi connectivity index (χ3n) is 5.37. The van der Waals surface area contributed by atoms with Gasteiger partial charge in [0.25, 0.3) is 0 Å². The van der Waals surface area contributed by atoms with Crippen LogP contribution in [-0.4, -0.2) is 47.0 Å². The molecule has 2 aromatic carbocycles. The summed E-state index contributed by atoms with van der Waals surface area (Å²) < 4.78 is 0. The Morgan fingerprint density at radius 2 is 1.72 bits per heavy atom. The lowest BCUT2D eigenvalue weighted by Crippen LogP contribution is -2.48. The Bertz CT molecular complexity index is 1120. The maximum absolute atomic E-state index is 12.6. The van der Waals surface area contributed by atoms with E-state index in [4.69, 9.17) is 16.6 Å². The Hall–Kier alpha value is -3.38. The fraction of sp³-hybridized carbons (Fsp3) is 0.240. The summed E-state index contributed by atoms with van der Waals surface area (Å²) in [5.41, 5.74) is 3.89.